The maximum Gasteiger partial charge on any atom is 0.242 e. The number of fused-ring (bicyclic) bond motifs is 1. The van der Waals surface area contributed by atoms with Crippen LogP contribution in [0.25, 0.3) is 5.65 Å². The molecule has 1 aromatic carbocycles. The molecule has 1 aliphatic carbocycles. The minimum absolute atomic E-state index is 0.0554. The van der Waals surface area contributed by atoms with Crippen molar-refractivity contribution in [3.63, 3.8) is 0 Å². The highest BCUT2D eigenvalue weighted by Crippen LogP contribution is 2.28. The fourth-order valence-electron chi connectivity index (χ4n) is 3.51. The van der Waals surface area contributed by atoms with Gasteiger partial charge in [0.1, 0.15) is 16.9 Å². The summed E-state index contributed by atoms with van der Waals surface area (Å²) in [6.45, 7) is 0. The lowest BCUT2D eigenvalue weighted by Crippen LogP contribution is -2.31. The van der Waals surface area contributed by atoms with E-state index in [2.05, 4.69) is 15.4 Å². The fourth-order valence-corrected chi connectivity index (χ4v) is 4.58. The van der Waals surface area contributed by atoms with E-state index in [1.165, 1.54) is 24.6 Å². The van der Waals surface area contributed by atoms with Crippen LogP contribution in [0.5, 0.6) is 5.88 Å². The standard InChI is InChI=1S/C20H25ClN6O3S/c1-26(2)31(28,29)16-9-5-14(6-10-16)24-18-11-19(25-20-17(21)12-23-27(18)20)30-15-7-3-13(22)4-8-15/h5-6,9-13,15,24H,3-4,7-8,22H2,1-2H3. The van der Waals surface area contributed by atoms with Crippen LogP contribution in [0.2, 0.25) is 5.02 Å². The van der Waals surface area contributed by atoms with E-state index in [1.54, 1.807) is 34.8 Å². The minimum atomic E-state index is -3.49. The van der Waals surface area contributed by atoms with E-state index in [4.69, 9.17) is 22.1 Å². The molecule has 3 N–H and O–H groups in total. The predicted molar refractivity (Wildman–Crippen MR) is 119 cm³/mol. The van der Waals surface area contributed by atoms with Crippen LogP contribution < -0.4 is 15.8 Å². The zero-order valence-electron chi connectivity index (χ0n) is 17.3. The number of nitrogens with two attached hydrogens (primary N) is 1. The van der Waals surface area contributed by atoms with Crippen molar-refractivity contribution < 1.29 is 13.2 Å². The second kappa shape index (κ2) is 8.62. The molecule has 166 valence electrons. The van der Waals surface area contributed by atoms with E-state index in [1.807, 2.05) is 0 Å². The molecule has 0 aliphatic heterocycles. The Balaban J connectivity index is 1.61. The molecule has 31 heavy (non-hydrogen) atoms. The molecule has 0 bridgehead atoms. The van der Waals surface area contributed by atoms with Crippen molar-refractivity contribution in [2.45, 2.75) is 42.7 Å². The number of nitrogens with one attached hydrogen (secondary N) is 1. The van der Waals surface area contributed by atoms with Crippen molar-refractivity contribution in [1.29, 1.82) is 0 Å². The van der Waals surface area contributed by atoms with Crippen LogP contribution in [-0.4, -0.2) is 53.6 Å². The smallest absolute Gasteiger partial charge is 0.242 e. The third-order valence-corrected chi connectivity index (χ3v) is 7.41. The molecule has 1 aliphatic rings. The summed E-state index contributed by atoms with van der Waals surface area (Å²) in [6.07, 6.45) is 5.18. The molecule has 11 heteroatoms. The normalized spacial score (nSPS) is 19.6. The number of nitrogens with zero attached hydrogens (tertiary/aromatic N) is 4. The van der Waals surface area contributed by atoms with Crippen LogP contribution in [-0.2, 0) is 10.0 Å². The highest BCUT2D eigenvalue weighted by molar-refractivity contribution is 7.89. The molecule has 3 aromatic rings. The van der Waals surface area contributed by atoms with Gasteiger partial charge in [0.25, 0.3) is 0 Å². The van der Waals surface area contributed by atoms with Gasteiger partial charge < -0.3 is 15.8 Å². The first-order chi connectivity index (χ1) is 14.7. The van der Waals surface area contributed by atoms with Crippen LogP contribution in [0.3, 0.4) is 0 Å². The lowest BCUT2D eigenvalue weighted by Gasteiger charge is -2.26. The lowest BCUT2D eigenvalue weighted by molar-refractivity contribution is 0.141. The van der Waals surface area contributed by atoms with E-state index in [0.29, 0.717) is 28.1 Å². The summed E-state index contributed by atoms with van der Waals surface area (Å²) in [5.74, 6) is 1.05. The second-order valence-corrected chi connectivity index (χ2v) is 10.4. The van der Waals surface area contributed by atoms with Gasteiger partial charge in [-0.05, 0) is 49.9 Å². The summed E-state index contributed by atoms with van der Waals surface area (Å²) >= 11 is 6.26. The van der Waals surface area contributed by atoms with Gasteiger partial charge in [-0.2, -0.15) is 14.6 Å². The van der Waals surface area contributed by atoms with Crippen molar-refractivity contribution in [3.05, 3.63) is 41.6 Å². The van der Waals surface area contributed by atoms with Crippen molar-refractivity contribution >= 4 is 38.8 Å². The second-order valence-electron chi connectivity index (χ2n) is 7.80. The van der Waals surface area contributed by atoms with Gasteiger partial charge in [0.15, 0.2) is 5.65 Å². The zero-order chi connectivity index (χ0) is 22.2. The van der Waals surface area contributed by atoms with Crippen LogP contribution in [0.15, 0.2) is 41.4 Å². The van der Waals surface area contributed by atoms with Crippen LogP contribution in [0, 0.1) is 0 Å². The zero-order valence-corrected chi connectivity index (χ0v) is 18.9. The van der Waals surface area contributed by atoms with Crippen molar-refractivity contribution in [2.24, 2.45) is 5.73 Å². The highest BCUT2D eigenvalue weighted by atomic mass is 35.5. The Morgan fingerprint density at radius 1 is 1.19 bits per heavy atom. The molecule has 0 spiro atoms. The molecule has 0 unspecified atom stereocenters. The maximum atomic E-state index is 12.3. The number of anilines is 2. The van der Waals surface area contributed by atoms with E-state index in [9.17, 15) is 8.42 Å². The topological polar surface area (TPSA) is 115 Å². The third-order valence-electron chi connectivity index (χ3n) is 5.32. The Bertz CT molecular complexity index is 1170. The van der Waals surface area contributed by atoms with Gasteiger partial charge in [-0.1, -0.05) is 11.6 Å². The summed E-state index contributed by atoms with van der Waals surface area (Å²) in [4.78, 5) is 4.72. The van der Waals surface area contributed by atoms with Crippen LogP contribution in [0.1, 0.15) is 25.7 Å². The van der Waals surface area contributed by atoms with E-state index >= 15 is 0 Å². The molecule has 2 aromatic heterocycles. The first kappa shape index (κ1) is 21.8. The average molecular weight is 465 g/mol. The highest BCUT2D eigenvalue weighted by Gasteiger charge is 2.22. The number of hydrogen-bond acceptors (Lipinski definition) is 7. The third kappa shape index (κ3) is 4.62. The predicted octanol–water partition coefficient (Wildman–Crippen LogP) is 3.03. The SMILES string of the molecule is CN(C)S(=O)(=O)c1ccc(Nc2cc(OC3CCC(N)CC3)nc3c(Cl)cnn23)cc1. The summed E-state index contributed by atoms with van der Waals surface area (Å²) in [7, 11) is -0.497. The van der Waals surface area contributed by atoms with Gasteiger partial charge in [0, 0.05) is 31.9 Å². The van der Waals surface area contributed by atoms with Gasteiger partial charge in [-0.25, -0.2) is 12.7 Å². The molecule has 4 rings (SSSR count). The molecule has 1 saturated carbocycles. The van der Waals surface area contributed by atoms with E-state index in [0.717, 1.165) is 25.7 Å². The van der Waals surface area contributed by atoms with Gasteiger partial charge in [-0.15, -0.1) is 0 Å². The number of halogens is 1. The first-order valence-electron chi connectivity index (χ1n) is 10.00. The largest absolute Gasteiger partial charge is 0.474 e. The molecule has 9 nitrogen and oxygen atoms in total. The molecule has 0 atom stereocenters. The Kier molecular flexibility index (Phi) is 6.07. The van der Waals surface area contributed by atoms with Crippen molar-refractivity contribution in [3.8, 4) is 5.88 Å². The fraction of sp³-hybridized carbons (Fsp3) is 0.400. The molecule has 1 fully saturated rings. The van der Waals surface area contributed by atoms with Gasteiger partial charge in [0.2, 0.25) is 15.9 Å². The Morgan fingerprint density at radius 3 is 2.52 bits per heavy atom. The number of ether oxygens (including phenoxy) is 1. The van der Waals surface area contributed by atoms with Crippen molar-refractivity contribution in [2.75, 3.05) is 19.4 Å². The number of sulfonamides is 1. The number of rotatable bonds is 6. The minimum Gasteiger partial charge on any atom is -0.474 e. The van der Waals surface area contributed by atoms with Crippen molar-refractivity contribution in [1.82, 2.24) is 18.9 Å². The van der Waals surface area contributed by atoms with Gasteiger partial charge in [0.05, 0.1) is 11.1 Å². The van der Waals surface area contributed by atoms with Crippen LogP contribution >= 0.6 is 11.6 Å². The van der Waals surface area contributed by atoms with Gasteiger partial charge >= 0.3 is 0 Å². The quantitative estimate of drug-likeness (QED) is 0.576. The molecule has 0 saturated heterocycles. The molecule has 2 heterocycles. The summed E-state index contributed by atoms with van der Waals surface area (Å²) < 4.78 is 33.4. The summed E-state index contributed by atoms with van der Waals surface area (Å²) in [5, 5.41) is 7.93. The summed E-state index contributed by atoms with van der Waals surface area (Å²) in [5.41, 5.74) is 7.14. The van der Waals surface area contributed by atoms with Crippen LogP contribution in [0.4, 0.5) is 11.5 Å². The molecule has 0 radical (unpaired) electrons. The molecule has 0 amide bonds. The monoisotopic (exact) mass is 464 g/mol. The molecular formula is C20H25ClN6O3S. The Morgan fingerprint density at radius 2 is 1.87 bits per heavy atom. The maximum absolute atomic E-state index is 12.3. The number of aromatic nitrogens is 3. The van der Waals surface area contributed by atoms with E-state index in [-0.39, 0.29) is 17.0 Å². The lowest BCUT2D eigenvalue weighted by atomic mass is 9.94. The number of benzene rings is 1. The average Bonchev–Trinajstić information content (AvgIpc) is 3.11. The summed E-state index contributed by atoms with van der Waals surface area (Å²) in [6, 6.07) is 8.48. The van der Waals surface area contributed by atoms with E-state index < -0.39 is 10.0 Å². The Hall–Kier alpha value is -2.40. The Labute approximate surface area is 186 Å². The molecular weight excluding hydrogens is 440 g/mol. The number of hydrogen-bond donors (Lipinski definition) is 2. The van der Waals surface area contributed by atoms with Gasteiger partial charge in [-0.3, -0.25) is 0 Å². The first-order valence-corrected chi connectivity index (χ1v) is 11.8.